The Labute approximate surface area is 208 Å². The molecule has 3 rings (SSSR count). The molecule has 1 aliphatic rings. The molecule has 0 radical (unpaired) electrons. The standard InChI is InChI=1S/C24H29N5O5S/c1-14-18(15(2)34-28-14)21(31)27-17(12-16-8-6-5-7-9-16)19(30)23(33)29-13-35-24(3,4)20(29)22(32)26-11-10-25/h5-9,17,19-20,30H,11-13H2,1-4H3,(H,26,32)(H,27,31)/t17-,19-,20+/m0/s1. The monoisotopic (exact) mass is 499 g/mol. The highest BCUT2D eigenvalue weighted by atomic mass is 32.2. The van der Waals surface area contributed by atoms with E-state index in [1.165, 1.54) is 16.7 Å². The summed E-state index contributed by atoms with van der Waals surface area (Å²) in [5.41, 5.74) is 1.45. The number of carbonyl (C=O) groups excluding carboxylic acids is 3. The Morgan fingerprint density at radius 3 is 2.60 bits per heavy atom. The number of aliphatic hydroxyl groups excluding tert-OH is 1. The highest BCUT2D eigenvalue weighted by Crippen LogP contribution is 2.39. The van der Waals surface area contributed by atoms with Crippen molar-refractivity contribution in [3.63, 3.8) is 0 Å². The predicted octanol–water partition coefficient (Wildman–Crippen LogP) is 1.31. The molecule has 3 N–H and O–H groups in total. The van der Waals surface area contributed by atoms with Gasteiger partial charge in [-0.25, -0.2) is 0 Å². The van der Waals surface area contributed by atoms with Crippen LogP contribution in [0.25, 0.3) is 0 Å². The van der Waals surface area contributed by atoms with E-state index in [1.807, 2.05) is 50.2 Å². The fourth-order valence-corrected chi connectivity index (χ4v) is 5.28. The van der Waals surface area contributed by atoms with Crippen LogP contribution in [0.2, 0.25) is 0 Å². The Morgan fingerprint density at radius 2 is 2.00 bits per heavy atom. The Morgan fingerprint density at radius 1 is 1.31 bits per heavy atom. The van der Waals surface area contributed by atoms with Gasteiger partial charge in [0.25, 0.3) is 11.8 Å². The number of nitrogens with one attached hydrogen (secondary N) is 2. The largest absolute Gasteiger partial charge is 0.381 e. The molecule has 1 aliphatic heterocycles. The van der Waals surface area contributed by atoms with E-state index in [-0.39, 0.29) is 24.4 Å². The number of hydrogen-bond acceptors (Lipinski definition) is 8. The van der Waals surface area contributed by atoms with E-state index >= 15 is 0 Å². The second-order valence-corrected chi connectivity index (χ2v) is 10.5. The van der Waals surface area contributed by atoms with Gasteiger partial charge in [-0.3, -0.25) is 14.4 Å². The van der Waals surface area contributed by atoms with E-state index in [2.05, 4.69) is 15.8 Å². The maximum Gasteiger partial charge on any atom is 0.257 e. The lowest BCUT2D eigenvalue weighted by atomic mass is 9.97. The zero-order valence-electron chi connectivity index (χ0n) is 20.1. The van der Waals surface area contributed by atoms with Crippen molar-refractivity contribution >= 4 is 29.5 Å². The molecular formula is C24H29N5O5S. The lowest BCUT2D eigenvalue weighted by Gasteiger charge is -2.33. The Balaban J connectivity index is 1.87. The first-order valence-electron chi connectivity index (χ1n) is 11.1. The predicted molar refractivity (Wildman–Crippen MR) is 129 cm³/mol. The molecule has 2 aromatic rings. The van der Waals surface area contributed by atoms with Crippen LogP contribution >= 0.6 is 11.8 Å². The molecule has 10 nitrogen and oxygen atoms in total. The summed E-state index contributed by atoms with van der Waals surface area (Å²) >= 11 is 1.40. The van der Waals surface area contributed by atoms with Gasteiger partial charge in [-0.15, -0.1) is 11.8 Å². The van der Waals surface area contributed by atoms with E-state index in [1.54, 1.807) is 13.8 Å². The van der Waals surface area contributed by atoms with Crippen LogP contribution < -0.4 is 10.6 Å². The number of thioether (sulfide) groups is 1. The van der Waals surface area contributed by atoms with Crippen LogP contribution in [0, 0.1) is 25.2 Å². The third kappa shape index (κ3) is 5.83. The normalized spacial score (nSPS) is 18.4. The highest BCUT2D eigenvalue weighted by Gasteiger charge is 2.49. The molecule has 3 amide bonds. The molecule has 35 heavy (non-hydrogen) atoms. The number of rotatable bonds is 8. The molecule has 0 saturated carbocycles. The van der Waals surface area contributed by atoms with E-state index in [9.17, 15) is 19.5 Å². The van der Waals surface area contributed by atoms with Gasteiger partial charge >= 0.3 is 0 Å². The van der Waals surface area contributed by atoms with Crippen LogP contribution in [0.15, 0.2) is 34.9 Å². The minimum Gasteiger partial charge on any atom is -0.381 e. The second-order valence-electron chi connectivity index (χ2n) is 8.88. The molecule has 3 atom stereocenters. The number of aryl methyl sites for hydroxylation is 2. The van der Waals surface area contributed by atoms with E-state index in [4.69, 9.17) is 9.78 Å². The van der Waals surface area contributed by atoms with Gasteiger partial charge in [0.2, 0.25) is 5.91 Å². The van der Waals surface area contributed by atoms with Crippen molar-refractivity contribution in [1.82, 2.24) is 20.7 Å². The first-order valence-corrected chi connectivity index (χ1v) is 12.1. The molecule has 0 spiro atoms. The van der Waals surface area contributed by atoms with Gasteiger partial charge in [-0.05, 0) is 39.7 Å². The van der Waals surface area contributed by atoms with Crippen molar-refractivity contribution in [2.24, 2.45) is 0 Å². The minimum absolute atomic E-state index is 0.179. The van der Waals surface area contributed by atoms with Crippen LogP contribution in [-0.2, 0) is 16.0 Å². The summed E-state index contributed by atoms with van der Waals surface area (Å²) in [6.07, 6.45) is -1.45. The molecule has 186 valence electrons. The SMILES string of the molecule is Cc1noc(C)c1C(=O)N[C@@H](Cc1ccccc1)[C@H](O)C(=O)N1CSC(C)(C)[C@H]1C(=O)NCC#N. The number of aromatic nitrogens is 1. The van der Waals surface area contributed by atoms with Gasteiger partial charge in [0.05, 0.1) is 23.7 Å². The summed E-state index contributed by atoms with van der Waals surface area (Å²) in [5.74, 6) is -1.16. The first kappa shape index (κ1) is 26.2. The number of benzene rings is 1. The van der Waals surface area contributed by atoms with Gasteiger partial charge in [0, 0.05) is 4.75 Å². The van der Waals surface area contributed by atoms with Crippen LogP contribution in [0.4, 0.5) is 0 Å². The smallest absolute Gasteiger partial charge is 0.257 e. The summed E-state index contributed by atoms with van der Waals surface area (Å²) < 4.78 is 4.45. The van der Waals surface area contributed by atoms with Gasteiger partial charge in [-0.2, -0.15) is 5.26 Å². The lowest BCUT2D eigenvalue weighted by Crippen LogP contribution is -2.58. The number of amides is 3. The number of nitrogens with zero attached hydrogens (tertiary/aromatic N) is 3. The average molecular weight is 500 g/mol. The van der Waals surface area contributed by atoms with Crippen molar-refractivity contribution in [2.75, 3.05) is 12.4 Å². The van der Waals surface area contributed by atoms with Gasteiger partial charge in [0.1, 0.15) is 23.9 Å². The Kier molecular flexibility index (Phi) is 8.19. The summed E-state index contributed by atoms with van der Waals surface area (Å²) in [6.45, 7) is 6.71. The summed E-state index contributed by atoms with van der Waals surface area (Å²) in [4.78, 5) is 40.6. The van der Waals surface area contributed by atoms with E-state index in [0.717, 1.165) is 5.56 Å². The fourth-order valence-electron chi connectivity index (χ4n) is 4.14. The van der Waals surface area contributed by atoms with Crippen LogP contribution in [0.5, 0.6) is 0 Å². The molecule has 0 aliphatic carbocycles. The van der Waals surface area contributed by atoms with Gasteiger partial charge in [0.15, 0.2) is 6.10 Å². The first-order chi connectivity index (χ1) is 16.6. The van der Waals surface area contributed by atoms with Crippen LogP contribution in [0.1, 0.15) is 41.2 Å². The summed E-state index contributed by atoms with van der Waals surface area (Å²) in [7, 11) is 0. The third-order valence-corrected chi connectivity index (χ3v) is 7.30. The average Bonchev–Trinajstić information content (AvgIpc) is 3.33. The molecule has 1 saturated heterocycles. The Bertz CT molecular complexity index is 1110. The second kappa shape index (κ2) is 10.9. The number of aliphatic hydroxyl groups is 1. The maximum atomic E-state index is 13.5. The van der Waals surface area contributed by atoms with Crippen LogP contribution in [0.3, 0.4) is 0 Å². The van der Waals surface area contributed by atoms with Gasteiger partial charge in [-0.1, -0.05) is 35.5 Å². The molecule has 1 fully saturated rings. The van der Waals surface area contributed by atoms with Crippen molar-refractivity contribution in [2.45, 2.75) is 57.1 Å². The molecule has 1 aromatic heterocycles. The fraction of sp³-hybridized carbons (Fsp3) is 0.458. The quantitative estimate of drug-likeness (QED) is 0.461. The van der Waals surface area contributed by atoms with E-state index in [0.29, 0.717) is 11.5 Å². The zero-order valence-corrected chi connectivity index (χ0v) is 20.9. The summed E-state index contributed by atoms with van der Waals surface area (Å²) in [5, 5.41) is 29.1. The number of carbonyl (C=O) groups is 3. The van der Waals surface area contributed by atoms with Crippen molar-refractivity contribution in [3.8, 4) is 6.07 Å². The molecule has 2 heterocycles. The van der Waals surface area contributed by atoms with Crippen molar-refractivity contribution in [1.29, 1.82) is 5.26 Å². The topological polar surface area (TPSA) is 149 Å². The van der Waals surface area contributed by atoms with Crippen LogP contribution in [-0.4, -0.2) is 68.2 Å². The lowest BCUT2D eigenvalue weighted by molar-refractivity contribution is -0.147. The van der Waals surface area contributed by atoms with E-state index < -0.39 is 40.7 Å². The molecule has 0 bridgehead atoms. The van der Waals surface area contributed by atoms with Crippen molar-refractivity contribution in [3.05, 3.63) is 52.9 Å². The molecule has 0 unspecified atom stereocenters. The van der Waals surface area contributed by atoms with Crippen molar-refractivity contribution < 1.29 is 24.0 Å². The third-order valence-electron chi connectivity index (χ3n) is 5.93. The Hall–Kier alpha value is -3.36. The highest BCUT2D eigenvalue weighted by molar-refractivity contribution is 8.00. The van der Waals surface area contributed by atoms with Gasteiger partial charge < -0.3 is 25.2 Å². The maximum absolute atomic E-state index is 13.5. The minimum atomic E-state index is -1.62. The summed E-state index contributed by atoms with van der Waals surface area (Å²) in [6, 6.07) is 9.14. The molecule has 11 heteroatoms. The zero-order chi connectivity index (χ0) is 25.8. The number of nitriles is 1. The number of hydrogen-bond donors (Lipinski definition) is 3. The molecular weight excluding hydrogens is 470 g/mol. The molecule has 1 aromatic carbocycles.